The molecule has 0 saturated heterocycles. The van der Waals surface area contributed by atoms with Gasteiger partial charge in [0.2, 0.25) is 0 Å². The zero-order valence-electron chi connectivity index (χ0n) is 8.70. The SMILES string of the molecule is Cc1c(Cl)ccc2onc(OCCN)c12.Cl. The lowest BCUT2D eigenvalue weighted by molar-refractivity contribution is 0.293. The van der Waals surface area contributed by atoms with Crippen LogP contribution in [0.25, 0.3) is 11.0 Å². The first-order valence-corrected chi connectivity index (χ1v) is 4.99. The summed E-state index contributed by atoms with van der Waals surface area (Å²) >= 11 is 6.00. The first-order valence-electron chi connectivity index (χ1n) is 4.61. The molecule has 2 aromatic rings. The van der Waals surface area contributed by atoms with E-state index in [2.05, 4.69) is 5.16 Å². The Morgan fingerprint density at radius 2 is 2.25 bits per heavy atom. The van der Waals surface area contributed by atoms with Gasteiger partial charge in [0.1, 0.15) is 6.61 Å². The van der Waals surface area contributed by atoms with Gasteiger partial charge in [-0.1, -0.05) is 11.6 Å². The third-order valence-corrected chi connectivity index (χ3v) is 2.57. The Morgan fingerprint density at radius 1 is 1.50 bits per heavy atom. The number of aryl methyl sites for hydroxylation is 1. The van der Waals surface area contributed by atoms with Crippen molar-refractivity contribution in [3.63, 3.8) is 0 Å². The highest BCUT2D eigenvalue weighted by Gasteiger charge is 2.13. The number of fused-ring (bicyclic) bond motifs is 1. The van der Waals surface area contributed by atoms with Crippen LogP contribution in [0.4, 0.5) is 0 Å². The van der Waals surface area contributed by atoms with Gasteiger partial charge in [0.05, 0.1) is 5.39 Å². The second kappa shape index (κ2) is 5.39. The van der Waals surface area contributed by atoms with Crippen molar-refractivity contribution in [3.05, 3.63) is 22.7 Å². The van der Waals surface area contributed by atoms with E-state index in [1.54, 1.807) is 12.1 Å². The molecule has 6 heteroatoms. The van der Waals surface area contributed by atoms with Crippen LogP contribution in [-0.4, -0.2) is 18.3 Å². The molecule has 0 fully saturated rings. The van der Waals surface area contributed by atoms with Crippen molar-refractivity contribution < 1.29 is 9.26 Å². The van der Waals surface area contributed by atoms with Gasteiger partial charge in [-0.15, -0.1) is 12.4 Å². The smallest absolute Gasteiger partial charge is 0.262 e. The lowest BCUT2D eigenvalue weighted by Crippen LogP contribution is -2.10. The first kappa shape index (κ1) is 13.1. The zero-order valence-corrected chi connectivity index (χ0v) is 10.3. The number of nitrogens with two attached hydrogens (primary N) is 1. The van der Waals surface area contributed by atoms with Gasteiger partial charge in [-0.2, -0.15) is 0 Å². The molecule has 0 amide bonds. The number of ether oxygens (including phenoxy) is 1. The minimum atomic E-state index is 0. The normalized spacial score (nSPS) is 10.2. The van der Waals surface area contributed by atoms with Gasteiger partial charge >= 0.3 is 0 Å². The third kappa shape index (κ3) is 2.24. The van der Waals surface area contributed by atoms with Crippen LogP contribution in [-0.2, 0) is 0 Å². The first-order chi connectivity index (χ1) is 7.24. The molecule has 0 atom stereocenters. The molecular formula is C10H12Cl2N2O2. The van der Waals surface area contributed by atoms with Crippen molar-refractivity contribution in [1.29, 1.82) is 0 Å². The standard InChI is InChI=1S/C10H11ClN2O2.ClH/c1-6-7(11)2-3-8-9(6)10(13-15-8)14-5-4-12;/h2-3H,4-5,12H2,1H3;1H. The van der Waals surface area contributed by atoms with E-state index in [1.165, 1.54) is 0 Å². The molecule has 1 aromatic carbocycles. The van der Waals surface area contributed by atoms with Gasteiger partial charge < -0.3 is 15.0 Å². The summed E-state index contributed by atoms with van der Waals surface area (Å²) in [5.74, 6) is 0.454. The molecule has 2 N–H and O–H groups in total. The van der Waals surface area contributed by atoms with Gasteiger partial charge in [0.15, 0.2) is 5.58 Å². The number of benzene rings is 1. The summed E-state index contributed by atoms with van der Waals surface area (Å²) in [6.07, 6.45) is 0. The Hall–Kier alpha value is -0.970. The van der Waals surface area contributed by atoms with Crippen molar-refractivity contribution in [2.75, 3.05) is 13.2 Å². The van der Waals surface area contributed by atoms with Crippen molar-refractivity contribution in [2.45, 2.75) is 6.92 Å². The number of rotatable bonds is 3. The van der Waals surface area contributed by atoms with Crippen molar-refractivity contribution in [1.82, 2.24) is 5.16 Å². The highest BCUT2D eigenvalue weighted by molar-refractivity contribution is 6.32. The maximum atomic E-state index is 6.00. The molecule has 16 heavy (non-hydrogen) atoms. The molecule has 0 saturated carbocycles. The predicted octanol–water partition coefficient (Wildman–Crippen LogP) is 2.55. The largest absolute Gasteiger partial charge is 0.474 e. The van der Waals surface area contributed by atoms with Crippen LogP contribution in [0, 0.1) is 6.92 Å². The summed E-state index contributed by atoms with van der Waals surface area (Å²) in [4.78, 5) is 0. The van der Waals surface area contributed by atoms with Crippen molar-refractivity contribution >= 4 is 35.0 Å². The van der Waals surface area contributed by atoms with Crippen LogP contribution in [0.3, 0.4) is 0 Å². The Bertz CT molecular complexity index is 485. The van der Waals surface area contributed by atoms with Gasteiger partial charge in [0, 0.05) is 11.6 Å². The fourth-order valence-electron chi connectivity index (χ4n) is 1.39. The quantitative estimate of drug-likeness (QED) is 0.924. The summed E-state index contributed by atoms with van der Waals surface area (Å²) in [5.41, 5.74) is 6.92. The second-order valence-electron chi connectivity index (χ2n) is 3.17. The van der Waals surface area contributed by atoms with Crippen molar-refractivity contribution in [2.24, 2.45) is 5.73 Å². The molecule has 88 valence electrons. The molecule has 1 heterocycles. The molecular weight excluding hydrogens is 251 g/mol. The van der Waals surface area contributed by atoms with E-state index in [9.17, 15) is 0 Å². The Kier molecular flexibility index (Phi) is 4.41. The molecule has 0 spiro atoms. The summed E-state index contributed by atoms with van der Waals surface area (Å²) in [6, 6.07) is 3.55. The fraction of sp³-hybridized carbons (Fsp3) is 0.300. The van der Waals surface area contributed by atoms with Gasteiger partial charge in [-0.3, -0.25) is 0 Å². The summed E-state index contributed by atoms with van der Waals surface area (Å²) in [5, 5.41) is 5.31. The van der Waals surface area contributed by atoms with Crippen LogP contribution in [0.1, 0.15) is 5.56 Å². The van der Waals surface area contributed by atoms with E-state index < -0.39 is 0 Å². The number of hydrogen-bond donors (Lipinski definition) is 1. The molecule has 0 aliphatic carbocycles. The van der Waals surface area contributed by atoms with Crippen LogP contribution in [0.5, 0.6) is 5.88 Å². The second-order valence-corrected chi connectivity index (χ2v) is 3.58. The van der Waals surface area contributed by atoms with E-state index in [1.807, 2.05) is 6.92 Å². The fourth-order valence-corrected chi connectivity index (χ4v) is 1.55. The molecule has 4 nitrogen and oxygen atoms in total. The van der Waals surface area contributed by atoms with Gasteiger partial charge in [-0.05, 0) is 29.8 Å². The maximum Gasteiger partial charge on any atom is 0.262 e. The lowest BCUT2D eigenvalue weighted by Gasteiger charge is -2.02. The maximum absolute atomic E-state index is 6.00. The van der Waals surface area contributed by atoms with Crippen LogP contribution in [0.15, 0.2) is 16.7 Å². The van der Waals surface area contributed by atoms with Gasteiger partial charge in [-0.25, -0.2) is 0 Å². The molecule has 0 aliphatic heterocycles. The summed E-state index contributed by atoms with van der Waals surface area (Å²) in [6.45, 7) is 2.75. The summed E-state index contributed by atoms with van der Waals surface area (Å²) in [7, 11) is 0. The minimum absolute atomic E-state index is 0. The van der Waals surface area contributed by atoms with Crippen LogP contribution in [0.2, 0.25) is 5.02 Å². The molecule has 0 unspecified atom stereocenters. The number of aromatic nitrogens is 1. The van der Waals surface area contributed by atoms with E-state index in [4.69, 9.17) is 26.6 Å². The van der Waals surface area contributed by atoms with E-state index in [-0.39, 0.29) is 12.4 Å². The van der Waals surface area contributed by atoms with Crippen molar-refractivity contribution in [3.8, 4) is 5.88 Å². The number of hydrogen-bond acceptors (Lipinski definition) is 4. The Morgan fingerprint density at radius 3 is 2.94 bits per heavy atom. The highest BCUT2D eigenvalue weighted by Crippen LogP contribution is 2.32. The molecule has 0 aliphatic rings. The van der Waals surface area contributed by atoms with Crippen LogP contribution < -0.4 is 10.5 Å². The molecule has 0 radical (unpaired) electrons. The van der Waals surface area contributed by atoms with Gasteiger partial charge in [0.25, 0.3) is 5.88 Å². The topological polar surface area (TPSA) is 61.3 Å². The summed E-state index contributed by atoms with van der Waals surface area (Å²) < 4.78 is 10.5. The highest BCUT2D eigenvalue weighted by atomic mass is 35.5. The average molecular weight is 263 g/mol. The predicted molar refractivity (Wildman–Crippen MR) is 65.6 cm³/mol. The molecule has 2 rings (SSSR count). The molecule has 0 bridgehead atoms. The lowest BCUT2D eigenvalue weighted by atomic mass is 10.1. The number of nitrogens with zero attached hydrogens (tertiary/aromatic N) is 1. The number of halogens is 2. The average Bonchev–Trinajstić information content (AvgIpc) is 2.64. The van der Waals surface area contributed by atoms with E-state index >= 15 is 0 Å². The van der Waals surface area contributed by atoms with E-state index in [0.29, 0.717) is 29.6 Å². The Labute approximate surface area is 104 Å². The van der Waals surface area contributed by atoms with E-state index in [0.717, 1.165) is 10.9 Å². The monoisotopic (exact) mass is 262 g/mol. The molecule has 1 aromatic heterocycles. The third-order valence-electron chi connectivity index (χ3n) is 2.16. The zero-order chi connectivity index (χ0) is 10.8. The van der Waals surface area contributed by atoms with Crippen LogP contribution >= 0.6 is 24.0 Å². The minimum Gasteiger partial charge on any atom is -0.474 e. The Balaban J connectivity index is 0.00000128.